The van der Waals surface area contributed by atoms with Crippen LogP contribution in [0.25, 0.3) is 11.0 Å². The van der Waals surface area contributed by atoms with Gasteiger partial charge in [0, 0.05) is 6.20 Å². The molecule has 0 radical (unpaired) electrons. The molecule has 1 aliphatic rings. The van der Waals surface area contributed by atoms with Crippen LogP contribution in [0, 0.1) is 11.6 Å². The normalized spacial score (nSPS) is 28.7. The first kappa shape index (κ1) is 18.7. The number of hydrogen-bond acceptors (Lipinski definition) is 7. The summed E-state index contributed by atoms with van der Waals surface area (Å²) in [6.45, 7) is 1.29. The van der Waals surface area contributed by atoms with Crippen molar-refractivity contribution in [1.29, 1.82) is 0 Å². The van der Waals surface area contributed by atoms with Crippen LogP contribution in [0.15, 0.2) is 36.8 Å². The van der Waals surface area contributed by atoms with Gasteiger partial charge in [-0.05, 0) is 30.7 Å². The Hall–Kier alpha value is -2.66. The fourth-order valence-electron chi connectivity index (χ4n) is 3.50. The number of nitrogen functional groups attached to an aromatic ring is 1. The third-order valence-corrected chi connectivity index (χ3v) is 5.12. The second kappa shape index (κ2) is 6.45. The van der Waals surface area contributed by atoms with Crippen molar-refractivity contribution in [3.05, 3.63) is 54.0 Å². The molecule has 4 rings (SSSR count). The Bertz CT molecular complexity index is 1040. The average molecular weight is 392 g/mol. The van der Waals surface area contributed by atoms with E-state index in [2.05, 4.69) is 9.97 Å². The van der Waals surface area contributed by atoms with Crippen molar-refractivity contribution in [3.8, 4) is 0 Å². The lowest BCUT2D eigenvalue weighted by Crippen LogP contribution is -2.47. The molecule has 3 aromatic rings. The predicted octanol–water partition coefficient (Wildman–Crippen LogP) is 1.03. The molecule has 2 aromatic heterocycles. The molecule has 0 aliphatic carbocycles. The number of nitrogens with two attached hydrogens (primary N) is 1. The molecular weight excluding hydrogens is 374 g/mol. The third kappa shape index (κ3) is 2.73. The van der Waals surface area contributed by atoms with Crippen LogP contribution in [0.5, 0.6) is 0 Å². The van der Waals surface area contributed by atoms with Crippen molar-refractivity contribution in [2.45, 2.75) is 37.1 Å². The van der Waals surface area contributed by atoms with Gasteiger partial charge in [0.2, 0.25) is 0 Å². The lowest BCUT2D eigenvalue weighted by Gasteiger charge is -2.29. The molecule has 8 nitrogen and oxygen atoms in total. The summed E-state index contributed by atoms with van der Waals surface area (Å²) < 4.78 is 33.9. The molecule has 1 fully saturated rings. The molecule has 5 atom stereocenters. The van der Waals surface area contributed by atoms with E-state index in [1.807, 2.05) is 0 Å². The molecule has 5 N–H and O–H groups in total. The first-order chi connectivity index (χ1) is 13.2. The number of aliphatic hydroxyl groups is 3. The van der Waals surface area contributed by atoms with E-state index in [0.717, 1.165) is 12.1 Å². The van der Waals surface area contributed by atoms with Gasteiger partial charge in [0.25, 0.3) is 0 Å². The average Bonchev–Trinajstić information content (AvgIpc) is 3.17. The standard InChI is InChI=1S/C18H18F2N4O4/c1-18(27)13(26)17(24-5-4-9-15(21)22-7-23-16(9)24)28-14(18)12(25)8-2-3-10(19)11(20)6-8/h2-7,12-14,17,25-27H,1H3,(H2,21,22,23)/t12-,13-,14+,17+,18-/m0/s1. The van der Waals surface area contributed by atoms with Gasteiger partial charge in [-0.1, -0.05) is 6.07 Å². The SMILES string of the molecule is C[C@@]1(O)[C@@H]([C@@H](O)c2ccc(F)c(F)c2)O[C@@H](n2ccc3c(N)ncnc32)[C@@H]1O. The largest absolute Gasteiger partial charge is 0.386 e. The fourth-order valence-corrected chi connectivity index (χ4v) is 3.50. The molecule has 10 heteroatoms. The lowest BCUT2D eigenvalue weighted by molar-refractivity contribution is -0.115. The zero-order valence-electron chi connectivity index (χ0n) is 14.7. The third-order valence-electron chi connectivity index (χ3n) is 5.12. The molecule has 0 saturated carbocycles. The number of nitrogens with zero attached hydrogens (tertiary/aromatic N) is 3. The predicted molar refractivity (Wildman–Crippen MR) is 93.8 cm³/mol. The van der Waals surface area contributed by atoms with Gasteiger partial charge in [-0.15, -0.1) is 0 Å². The highest BCUT2D eigenvalue weighted by Gasteiger charge is 2.55. The van der Waals surface area contributed by atoms with E-state index in [0.29, 0.717) is 11.0 Å². The van der Waals surface area contributed by atoms with E-state index in [4.69, 9.17) is 10.5 Å². The molecule has 28 heavy (non-hydrogen) atoms. The van der Waals surface area contributed by atoms with Crippen LogP contribution in [0.3, 0.4) is 0 Å². The number of aliphatic hydroxyl groups excluding tert-OH is 2. The van der Waals surface area contributed by atoms with Crippen molar-refractivity contribution < 1.29 is 28.8 Å². The Kier molecular flexibility index (Phi) is 4.31. The van der Waals surface area contributed by atoms with Crippen LogP contribution in [-0.4, -0.2) is 47.7 Å². The first-order valence-corrected chi connectivity index (χ1v) is 8.47. The molecule has 0 bridgehead atoms. The fraction of sp³-hybridized carbons (Fsp3) is 0.333. The highest BCUT2D eigenvalue weighted by atomic mass is 19.2. The minimum absolute atomic E-state index is 0.000888. The smallest absolute Gasteiger partial charge is 0.164 e. The van der Waals surface area contributed by atoms with Gasteiger partial charge in [-0.25, -0.2) is 18.7 Å². The van der Waals surface area contributed by atoms with E-state index in [1.54, 1.807) is 12.3 Å². The molecule has 1 saturated heterocycles. The molecule has 0 spiro atoms. The maximum atomic E-state index is 13.5. The van der Waals surface area contributed by atoms with Crippen LogP contribution in [0.4, 0.5) is 14.6 Å². The number of ether oxygens (including phenoxy) is 1. The minimum Gasteiger partial charge on any atom is -0.386 e. The number of hydrogen-bond donors (Lipinski definition) is 4. The van der Waals surface area contributed by atoms with Crippen LogP contribution in [0.1, 0.15) is 24.8 Å². The monoisotopic (exact) mass is 392 g/mol. The zero-order chi connectivity index (χ0) is 20.2. The highest BCUT2D eigenvalue weighted by molar-refractivity contribution is 5.86. The van der Waals surface area contributed by atoms with Gasteiger partial charge >= 0.3 is 0 Å². The molecule has 1 aliphatic heterocycles. The van der Waals surface area contributed by atoms with Crippen LogP contribution in [0.2, 0.25) is 0 Å². The second-order valence-corrected chi connectivity index (χ2v) is 6.96. The number of rotatable bonds is 3. The zero-order valence-corrected chi connectivity index (χ0v) is 14.7. The molecular formula is C18H18F2N4O4. The Morgan fingerprint density at radius 1 is 1.25 bits per heavy atom. The molecule has 3 heterocycles. The van der Waals surface area contributed by atoms with Crippen molar-refractivity contribution in [2.24, 2.45) is 0 Å². The maximum Gasteiger partial charge on any atom is 0.164 e. The van der Waals surface area contributed by atoms with Crippen molar-refractivity contribution in [1.82, 2.24) is 14.5 Å². The van der Waals surface area contributed by atoms with E-state index in [-0.39, 0.29) is 11.4 Å². The Balaban J connectivity index is 1.71. The van der Waals surface area contributed by atoms with E-state index >= 15 is 0 Å². The van der Waals surface area contributed by atoms with E-state index < -0.39 is 41.8 Å². The Labute approximate surface area is 157 Å². The van der Waals surface area contributed by atoms with E-state index in [1.165, 1.54) is 23.9 Å². The Morgan fingerprint density at radius 3 is 2.71 bits per heavy atom. The summed E-state index contributed by atoms with van der Waals surface area (Å²) in [5.41, 5.74) is 4.28. The number of halogens is 2. The van der Waals surface area contributed by atoms with Gasteiger partial charge in [0.05, 0.1) is 5.39 Å². The highest BCUT2D eigenvalue weighted by Crippen LogP contribution is 2.43. The number of benzene rings is 1. The number of fused-ring (bicyclic) bond motifs is 1. The maximum absolute atomic E-state index is 13.5. The topological polar surface area (TPSA) is 127 Å². The second-order valence-electron chi connectivity index (χ2n) is 6.96. The summed E-state index contributed by atoms with van der Waals surface area (Å²) in [6, 6.07) is 4.50. The van der Waals surface area contributed by atoms with Gasteiger partial charge < -0.3 is 30.4 Å². The summed E-state index contributed by atoms with van der Waals surface area (Å²) in [4.78, 5) is 8.01. The first-order valence-electron chi connectivity index (χ1n) is 8.47. The quantitative estimate of drug-likeness (QED) is 0.524. The summed E-state index contributed by atoms with van der Waals surface area (Å²) in [7, 11) is 0. The van der Waals surface area contributed by atoms with Gasteiger partial charge in [0.15, 0.2) is 17.9 Å². The van der Waals surface area contributed by atoms with E-state index in [9.17, 15) is 24.1 Å². The van der Waals surface area contributed by atoms with Crippen molar-refractivity contribution in [2.75, 3.05) is 5.73 Å². The summed E-state index contributed by atoms with van der Waals surface area (Å²) in [5, 5.41) is 32.6. The Morgan fingerprint density at radius 2 is 2.00 bits per heavy atom. The van der Waals surface area contributed by atoms with Crippen LogP contribution >= 0.6 is 0 Å². The number of aromatic nitrogens is 3. The summed E-state index contributed by atoms with van der Waals surface area (Å²) in [6.07, 6.45) is -2.59. The van der Waals surface area contributed by atoms with Crippen LogP contribution < -0.4 is 5.73 Å². The van der Waals surface area contributed by atoms with Crippen LogP contribution in [-0.2, 0) is 4.74 Å². The molecule has 0 unspecified atom stereocenters. The minimum atomic E-state index is -1.90. The number of anilines is 1. The van der Waals surface area contributed by atoms with Crippen molar-refractivity contribution >= 4 is 16.9 Å². The summed E-state index contributed by atoms with van der Waals surface area (Å²) >= 11 is 0. The molecule has 0 amide bonds. The van der Waals surface area contributed by atoms with Gasteiger partial charge in [-0.3, -0.25) is 0 Å². The van der Waals surface area contributed by atoms with Gasteiger partial charge in [0.1, 0.15) is 41.7 Å². The summed E-state index contributed by atoms with van der Waals surface area (Å²) in [5.74, 6) is -1.97. The molecule has 148 valence electrons. The molecule has 1 aromatic carbocycles. The van der Waals surface area contributed by atoms with Crippen molar-refractivity contribution in [3.63, 3.8) is 0 Å². The lowest BCUT2D eigenvalue weighted by atomic mass is 9.88. The van der Waals surface area contributed by atoms with Gasteiger partial charge in [-0.2, -0.15) is 0 Å².